The molecule has 2 aromatic heterocycles. The summed E-state index contributed by atoms with van der Waals surface area (Å²) >= 11 is 0. The van der Waals surface area contributed by atoms with Crippen LogP contribution >= 0.6 is 0 Å². The summed E-state index contributed by atoms with van der Waals surface area (Å²) in [5, 5.41) is 24.9. The van der Waals surface area contributed by atoms with Crippen LogP contribution in [0.4, 0.5) is 5.82 Å². The van der Waals surface area contributed by atoms with Crippen molar-refractivity contribution in [2.45, 2.75) is 84.0 Å². The van der Waals surface area contributed by atoms with Crippen LogP contribution < -0.4 is 5.73 Å². The lowest BCUT2D eigenvalue weighted by atomic mass is 10.1. The van der Waals surface area contributed by atoms with E-state index in [-0.39, 0.29) is 18.8 Å². The molecule has 0 aliphatic carbocycles. The largest absolute Gasteiger partial charge is 0.481 e. The highest BCUT2D eigenvalue weighted by Gasteiger charge is 2.30. The van der Waals surface area contributed by atoms with Gasteiger partial charge in [0.15, 0.2) is 17.3 Å². The van der Waals surface area contributed by atoms with Gasteiger partial charge in [0.05, 0.1) is 12.4 Å². The molecular weight excluding hydrogens is 416 g/mol. The molecule has 0 radical (unpaired) electrons. The molecule has 0 aromatic carbocycles. The van der Waals surface area contributed by atoms with Crippen molar-refractivity contribution in [3.63, 3.8) is 0 Å². The summed E-state index contributed by atoms with van der Waals surface area (Å²) < 4.78 is 8.20. The zero-order chi connectivity index (χ0) is 23.9. The first-order valence-corrected chi connectivity index (χ1v) is 10.9. The highest BCUT2D eigenvalue weighted by atomic mass is 16.5. The summed E-state index contributed by atoms with van der Waals surface area (Å²) in [5.74, 6) is -1.86. The number of carbonyl (C=O) groups is 1. The third-order valence-corrected chi connectivity index (χ3v) is 5.04. The molecule has 0 bridgehead atoms. The molecule has 11 nitrogen and oxygen atoms in total. The Morgan fingerprint density at radius 3 is 2.59 bits per heavy atom. The van der Waals surface area contributed by atoms with E-state index in [0.717, 1.165) is 32.4 Å². The maximum absolute atomic E-state index is 10.7. The molecule has 1 saturated heterocycles. The molecule has 1 fully saturated rings. The van der Waals surface area contributed by atoms with E-state index in [2.05, 4.69) is 33.7 Å². The van der Waals surface area contributed by atoms with Gasteiger partial charge in [-0.15, -0.1) is 0 Å². The first kappa shape index (κ1) is 25.9. The molecule has 1 aliphatic rings. The number of nitrogens with two attached hydrogens (primary N) is 1. The van der Waals surface area contributed by atoms with Crippen LogP contribution in [0.15, 0.2) is 12.7 Å². The smallest absolute Gasteiger partial charge is 0.303 e. The predicted octanol–water partition coefficient (Wildman–Crippen LogP) is 1.76. The Morgan fingerprint density at radius 2 is 1.97 bits per heavy atom. The van der Waals surface area contributed by atoms with Gasteiger partial charge in [0.1, 0.15) is 18.1 Å². The van der Waals surface area contributed by atoms with E-state index in [4.69, 9.17) is 25.8 Å². The Labute approximate surface area is 188 Å². The molecule has 5 N–H and O–H groups in total. The van der Waals surface area contributed by atoms with Crippen LogP contribution in [0.1, 0.15) is 66.0 Å². The Hall–Kier alpha value is -2.34. The molecular formula is C21H36N6O5. The van der Waals surface area contributed by atoms with Gasteiger partial charge in [-0.05, 0) is 59.9 Å². The topological polar surface area (TPSA) is 160 Å². The minimum absolute atomic E-state index is 0.102. The molecule has 0 spiro atoms. The van der Waals surface area contributed by atoms with Gasteiger partial charge in [-0.3, -0.25) is 14.3 Å². The number of anilines is 1. The fourth-order valence-corrected chi connectivity index (χ4v) is 3.52. The summed E-state index contributed by atoms with van der Waals surface area (Å²) in [4.78, 5) is 25.6. The number of aliphatic hydroxyl groups is 2. The Balaban J connectivity index is 0.000000654. The van der Waals surface area contributed by atoms with Gasteiger partial charge in [-0.25, -0.2) is 15.0 Å². The number of carboxylic acid groups (broad SMARTS) is 1. The number of aromatic nitrogens is 4. The molecule has 3 rings (SSSR count). The predicted molar refractivity (Wildman–Crippen MR) is 120 cm³/mol. The average Bonchev–Trinajstić information content (AvgIpc) is 3.29. The van der Waals surface area contributed by atoms with Gasteiger partial charge in [0.25, 0.3) is 0 Å². The molecule has 32 heavy (non-hydrogen) atoms. The Kier molecular flexibility index (Phi) is 9.32. The number of unbranched alkanes of at least 4 members (excludes halogenated alkanes) is 1. The number of nitrogen functional groups attached to an aromatic ring is 1. The third-order valence-electron chi connectivity index (χ3n) is 5.04. The van der Waals surface area contributed by atoms with Crippen LogP contribution in [0.5, 0.6) is 0 Å². The van der Waals surface area contributed by atoms with Gasteiger partial charge in [0.2, 0.25) is 0 Å². The van der Waals surface area contributed by atoms with E-state index >= 15 is 0 Å². The SMILES string of the molecule is CC(C)(O)O.CC(C)N(CCCCC(=O)O)CC1CCC(n2cnc3c(N)ncnc32)O1. The van der Waals surface area contributed by atoms with E-state index in [9.17, 15) is 4.79 Å². The van der Waals surface area contributed by atoms with Crippen molar-refractivity contribution in [2.75, 3.05) is 18.8 Å². The molecule has 180 valence electrons. The standard InChI is InChI=1S/C18H28N6O3.C3H8O2/c1-12(2)23(8-4-3-5-15(25)26)9-13-6-7-14(27-13)24-11-22-16-17(19)20-10-21-18(16)24;1-3(2,4)5/h10-14H,3-9H2,1-2H3,(H,25,26)(H2,19,20,21);4-5H,1-2H3. The van der Waals surface area contributed by atoms with Crippen molar-refractivity contribution in [1.29, 1.82) is 0 Å². The minimum atomic E-state index is -1.50. The van der Waals surface area contributed by atoms with Gasteiger partial charge in [-0.2, -0.15) is 0 Å². The lowest BCUT2D eigenvalue weighted by molar-refractivity contribution is -0.137. The minimum Gasteiger partial charge on any atom is -0.481 e. The van der Waals surface area contributed by atoms with E-state index in [1.54, 1.807) is 6.33 Å². The third kappa shape index (κ3) is 8.30. The normalized spacial score (nSPS) is 18.9. The van der Waals surface area contributed by atoms with Crippen molar-refractivity contribution >= 4 is 23.0 Å². The van der Waals surface area contributed by atoms with E-state index in [1.165, 1.54) is 20.2 Å². The van der Waals surface area contributed by atoms with Gasteiger partial charge in [0, 0.05) is 19.0 Å². The quantitative estimate of drug-likeness (QED) is 0.326. The molecule has 0 amide bonds. The zero-order valence-electron chi connectivity index (χ0n) is 19.3. The number of fused-ring (bicyclic) bond motifs is 1. The van der Waals surface area contributed by atoms with E-state index < -0.39 is 11.8 Å². The number of rotatable bonds is 9. The molecule has 0 saturated carbocycles. The highest BCUT2D eigenvalue weighted by molar-refractivity contribution is 5.81. The fraction of sp³-hybridized carbons (Fsp3) is 0.714. The van der Waals surface area contributed by atoms with Crippen molar-refractivity contribution in [1.82, 2.24) is 24.4 Å². The summed E-state index contributed by atoms with van der Waals surface area (Å²) in [6.07, 6.45) is 6.86. The first-order valence-electron chi connectivity index (χ1n) is 10.9. The zero-order valence-corrected chi connectivity index (χ0v) is 19.3. The summed E-state index contributed by atoms with van der Waals surface area (Å²) in [6.45, 7) is 8.64. The van der Waals surface area contributed by atoms with Gasteiger partial charge in [-0.1, -0.05) is 0 Å². The maximum Gasteiger partial charge on any atom is 0.303 e. The van der Waals surface area contributed by atoms with Gasteiger partial charge < -0.3 is 25.8 Å². The molecule has 1 aliphatic heterocycles. The number of imidazole rings is 1. The van der Waals surface area contributed by atoms with Crippen LogP contribution in [-0.4, -0.2) is 76.7 Å². The highest BCUT2D eigenvalue weighted by Crippen LogP contribution is 2.31. The average molecular weight is 453 g/mol. The number of hydrogen-bond donors (Lipinski definition) is 4. The second kappa shape index (κ2) is 11.5. The van der Waals surface area contributed by atoms with Crippen LogP contribution in [0.2, 0.25) is 0 Å². The molecule has 2 aromatic rings. The van der Waals surface area contributed by atoms with Crippen LogP contribution in [-0.2, 0) is 9.53 Å². The van der Waals surface area contributed by atoms with Crippen molar-refractivity contribution in [3.8, 4) is 0 Å². The van der Waals surface area contributed by atoms with Crippen LogP contribution in [0, 0.1) is 0 Å². The summed E-state index contributed by atoms with van der Waals surface area (Å²) in [5.41, 5.74) is 7.16. The van der Waals surface area contributed by atoms with Gasteiger partial charge >= 0.3 is 5.97 Å². The second-order valence-electron chi connectivity index (χ2n) is 8.81. The summed E-state index contributed by atoms with van der Waals surface area (Å²) in [6, 6.07) is 0.388. The number of hydrogen-bond acceptors (Lipinski definition) is 9. The molecule has 2 atom stereocenters. The maximum atomic E-state index is 10.7. The monoisotopic (exact) mass is 452 g/mol. The Morgan fingerprint density at radius 1 is 1.28 bits per heavy atom. The number of ether oxygens (including phenoxy) is 1. The molecule has 11 heteroatoms. The fourth-order valence-electron chi connectivity index (χ4n) is 3.52. The van der Waals surface area contributed by atoms with E-state index in [1.807, 2.05) is 4.57 Å². The van der Waals surface area contributed by atoms with Crippen molar-refractivity contribution in [3.05, 3.63) is 12.7 Å². The molecule has 3 heterocycles. The van der Waals surface area contributed by atoms with Crippen LogP contribution in [0.3, 0.4) is 0 Å². The van der Waals surface area contributed by atoms with Crippen LogP contribution in [0.25, 0.3) is 11.2 Å². The summed E-state index contributed by atoms with van der Waals surface area (Å²) in [7, 11) is 0. The number of carboxylic acids is 1. The van der Waals surface area contributed by atoms with E-state index in [0.29, 0.717) is 29.4 Å². The van der Waals surface area contributed by atoms with Crippen molar-refractivity contribution < 1.29 is 24.9 Å². The first-order chi connectivity index (χ1) is 15.0. The molecule has 2 unspecified atom stereocenters. The lowest BCUT2D eigenvalue weighted by Crippen LogP contribution is -2.38. The number of nitrogens with zero attached hydrogens (tertiary/aromatic N) is 5. The Bertz CT molecular complexity index is 860. The number of aliphatic carboxylic acids is 1. The lowest BCUT2D eigenvalue weighted by Gasteiger charge is -2.29. The second-order valence-corrected chi connectivity index (χ2v) is 8.81. The van der Waals surface area contributed by atoms with Crippen molar-refractivity contribution in [2.24, 2.45) is 0 Å².